The van der Waals surface area contributed by atoms with Crippen LogP contribution in [-0.4, -0.2) is 41.5 Å². The molecule has 8 heteroatoms. The van der Waals surface area contributed by atoms with Gasteiger partial charge in [-0.1, -0.05) is 6.07 Å². The third kappa shape index (κ3) is 5.23. The summed E-state index contributed by atoms with van der Waals surface area (Å²) in [4.78, 5) is 38.1. The van der Waals surface area contributed by atoms with Crippen molar-refractivity contribution >= 4 is 29.1 Å². The van der Waals surface area contributed by atoms with Crippen LogP contribution in [0.1, 0.15) is 31.1 Å². The quantitative estimate of drug-likeness (QED) is 0.641. The molecule has 1 unspecified atom stereocenters. The monoisotopic (exact) mass is 399 g/mol. The molecule has 1 aromatic carbocycles. The second-order valence-electron chi connectivity index (χ2n) is 7.54. The number of aryl methyl sites for hydroxylation is 1. The molecule has 3 rings (SSSR count). The van der Waals surface area contributed by atoms with E-state index in [0.717, 1.165) is 17.7 Å². The molecule has 0 aliphatic carbocycles. The topological polar surface area (TPSA) is 112 Å². The zero-order valence-electron chi connectivity index (χ0n) is 16.5. The lowest BCUT2D eigenvalue weighted by Crippen LogP contribution is -2.45. The third-order valence-electron chi connectivity index (χ3n) is 4.80. The van der Waals surface area contributed by atoms with E-state index >= 15 is 0 Å². The van der Waals surface area contributed by atoms with Crippen molar-refractivity contribution in [3.63, 3.8) is 0 Å². The van der Waals surface area contributed by atoms with Gasteiger partial charge in [-0.25, -0.2) is 0 Å². The van der Waals surface area contributed by atoms with Gasteiger partial charge in [0.15, 0.2) is 0 Å². The Morgan fingerprint density at radius 3 is 2.72 bits per heavy atom. The van der Waals surface area contributed by atoms with E-state index in [1.807, 2.05) is 6.92 Å². The highest BCUT2D eigenvalue weighted by Gasteiger charge is 2.26. The zero-order chi connectivity index (χ0) is 21.0. The summed E-state index contributed by atoms with van der Waals surface area (Å²) < 4.78 is 5.19. The van der Waals surface area contributed by atoms with Crippen molar-refractivity contribution in [3.8, 4) is 0 Å². The summed E-state index contributed by atoms with van der Waals surface area (Å²) in [7, 11) is 0. The lowest BCUT2D eigenvalue weighted by atomic mass is 10.0. The minimum atomic E-state index is -1.26. The molecule has 0 spiro atoms. The van der Waals surface area contributed by atoms with Crippen molar-refractivity contribution in [2.75, 3.05) is 23.3 Å². The number of rotatable bonds is 6. The molecule has 2 aromatic rings. The average molecular weight is 399 g/mol. The highest BCUT2D eigenvalue weighted by atomic mass is 16.3. The van der Waals surface area contributed by atoms with Crippen molar-refractivity contribution in [1.82, 2.24) is 5.32 Å². The number of carbonyl (C=O) groups excluding carboxylic acids is 3. The first-order valence-electron chi connectivity index (χ1n) is 9.50. The number of carbonyl (C=O) groups is 3. The van der Waals surface area contributed by atoms with Gasteiger partial charge in [-0.2, -0.15) is 0 Å². The van der Waals surface area contributed by atoms with Crippen molar-refractivity contribution in [2.24, 2.45) is 0 Å². The van der Waals surface area contributed by atoms with Crippen molar-refractivity contribution < 1.29 is 23.9 Å². The fraction of sp³-hybridized carbons (Fsp3) is 0.381. The number of furan rings is 1. The molecular formula is C21H25N3O5. The SMILES string of the molecule is Cc1ccc(NC(=O)C(=O)NCC(C)(O)Cc2ccco2)cc1N1CCCC1=O. The molecule has 3 amide bonds. The molecular weight excluding hydrogens is 374 g/mol. The predicted molar refractivity (Wildman–Crippen MR) is 107 cm³/mol. The Morgan fingerprint density at radius 2 is 2.07 bits per heavy atom. The first-order chi connectivity index (χ1) is 13.7. The molecule has 2 heterocycles. The van der Waals surface area contributed by atoms with Crippen LogP contribution < -0.4 is 15.5 Å². The van der Waals surface area contributed by atoms with E-state index in [2.05, 4.69) is 10.6 Å². The fourth-order valence-corrected chi connectivity index (χ4v) is 3.27. The van der Waals surface area contributed by atoms with Crippen LogP contribution in [0, 0.1) is 6.92 Å². The summed E-state index contributed by atoms with van der Waals surface area (Å²) in [6.07, 6.45) is 3.02. The van der Waals surface area contributed by atoms with E-state index in [0.29, 0.717) is 24.4 Å². The maximum Gasteiger partial charge on any atom is 0.313 e. The van der Waals surface area contributed by atoms with E-state index in [4.69, 9.17) is 4.42 Å². The van der Waals surface area contributed by atoms with Gasteiger partial charge in [0.2, 0.25) is 5.91 Å². The largest absolute Gasteiger partial charge is 0.469 e. The first kappa shape index (κ1) is 20.6. The summed E-state index contributed by atoms with van der Waals surface area (Å²) in [6.45, 7) is 3.97. The van der Waals surface area contributed by atoms with Gasteiger partial charge in [0.1, 0.15) is 5.76 Å². The second-order valence-corrected chi connectivity index (χ2v) is 7.54. The summed E-state index contributed by atoms with van der Waals surface area (Å²) in [5, 5.41) is 15.4. The van der Waals surface area contributed by atoms with Crippen molar-refractivity contribution in [1.29, 1.82) is 0 Å². The molecule has 0 bridgehead atoms. The number of nitrogens with one attached hydrogen (secondary N) is 2. The summed E-state index contributed by atoms with van der Waals surface area (Å²) >= 11 is 0. The Bertz CT molecular complexity index is 905. The Kier molecular flexibility index (Phi) is 6.03. The van der Waals surface area contributed by atoms with Crippen LogP contribution in [0.3, 0.4) is 0 Å². The van der Waals surface area contributed by atoms with Crippen LogP contribution in [0.2, 0.25) is 0 Å². The zero-order valence-corrected chi connectivity index (χ0v) is 16.5. The van der Waals surface area contributed by atoms with Gasteiger partial charge < -0.3 is 25.1 Å². The highest BCUT2D eigenvalue weighted by molar-refractivity contribution is 6.39. The minimum absolute atomic E-state index is 0.0492. The Hall–Kier alpha value is -3.13. The normalized spacial score (nSPS) is 15.8. The van der Waals surface area contributed by atoms with Crippen LogP contribution in [0.15, 0.2) is 41.0 Å². The van der Waals surface area contributed by atoms with Crippen LogP contribution >= 0.6 is 0 Å². The van der Waals surface area contributed by atoms with Crippen LogP contribution in [0.4, 0.5) is 11.4 Å². The fourth-order valence-electron chi connectivity index (χ4n) is 3.27. The van der Waals surface area contributed by atoms with Gasteiger partial charge in [0.25, 0.3) is 0 Å². The minimum Gasteiger partial charge on any atom is -0.469 e. The number of amides is 3. The third-order valence-corrected chi connectivity index (χ3v) is 4.80. The second kappa shape index (κ2) is 8.48. The summed E-state index contributed by atoms with van der Waals surface area (Å²) in [6, 6.07) is 8.60. The Balaban J connectivity index is 1.58. The first-order valence-corrected chi connectivity index (χ1v) is 9.50. The van der Waals surface area contributed by atoms with Gasteiger partial charge in [-0.05, 0) is 50.1 Å². The molecule has 0 saturated carbocycles. The Morgan fingerprint density at radius 1 is 1.28 bits per heavy atom. The van der Waals surface area contributed by atoms with Gasteiger partial charge in [-0.15, -0.1) is 0 Å². The van der Waals surface area contributed by atoms with Crippen molar-refractivity contribution in [2.45, 2.75) is 38.7 Å². The molecule has 0 radical (unpaired) electrons. The standard InChI is InChI=1S/C21H25N3O5/c1-14-7-8-15(11-17(14)24-9-3-6-18(24)25)23-20(27)19(26)22-13-21(2,28)12-16-5-4-10-29-16/h4-5,7-8,10-11,28H,3,6,9,12-13H2,1-2H3,(H,22,26)(H,23,27). The molecule has 8 nitrogen and oxygen atoms in total. The van der Waals surface area contributed by atoms with Crippen molar-refractivity contribution in [3.05, 3.63) is 47.9 Å². The molecule has 1 aliphatic rings. The smallest absolute Gasteiger partial charge is 0.313 e. The van der Waals surface area contributed by atoms with Gasteiger partial charge in [-0.3, -0.25) is 14.4 Å². The maximum absolute atomic E-state index is 12.2. The molecule has 1 fully saturated rings. The maximum atomic E-state index is 12.2. The van der Waals surface area contributed by atoms with E-state index in [1.54, 1.807) is 42.2 Å². The summed E-state index contributed by atoms with van der Waals surface area (Å²) in [5.41, 5.74) is 0.803. The molecule has 154 valence electrons. The number of hydrogen-bond acceptors (Lipinski definition) is 5. The average Bonchev–Trinajstić information content (AvgIpc) is 3.32. The lowest BCUT2D eigenvalue weighted by Gasteiger charge is -2.22. The molecule has 1 aromatic heterocycles. The van der Waals surface area contributed by atoms with E-state index in [-0.39, 0.29) is 18.9 Å². The predicted octanol–water partition coefficient (Wildman–Crippen LogP) is 1.76. The number of nitrogens with zero attached hydrogens (tertiary/aromatic N) is 1. The Labute approximate surface area is 168 Å². The van der Waals surface area contributed by atoms with Crippen LogP contribution in [0.5, 0.6) is 0 Å². The summed E-state index contributed by atoms with van der Waals surface area (Å²) in [5.74, 6) is -1.07. The lowest BCUT2D eigenvalue weighted by molar-refractivity contribution is -0.136. The van der Waals surface area contributed by atoms with E-state index < -0.39 is 17.4 Å². The van der Waals surface area contributed by atoms with Gasteiger partial charge in [0.05, 0.1) is 11.9 Å². The van der Waals surface area contributed by atoms with E-state index in [9.17, 15) is 19.5 Å². The highest BCUT2D eigenvalue weighted by Crippen LogP contribution is 2.28. The van der Waals surface area contributed by atoms with Gasteiger partial charge in [0, 0.05) is 37.3 Å². The number of aliphatic hydroxyl groups is 1. The number of hydrogen-bond donors (Lipinski definition) is 3. The van der Waals surface area contributed by atoms with E-state index in [1.165, 1.54) is 6.26 Å². The van der Waals surface area contributed by atoms with Crippen LogP contribution in [-0.2, 0) is 20.8 Å². The van der Waals surface area contributed by atoms with Crippen LogP contribution in [0.25, 0.3) is 0 Å². The molecule has 29 heavy (non-hydrogen) atoms. The molecule has 1 saturated heterocycles. The number of anilines is 2. The number of benzene rings is 1. The molecule has 3 N–H and O–H groups in total. The molecule has 1 atom stereocenters. The molecule has 1 aliphatic heterocycles. The van der Waals surface area contributed by atoms with Gasteiger partial charge >= 0.3 is 11.8 Å².